The highest BCUT2D eigenvalue weighted by Crippen LogP contribution is 2.64. The Hall–Kier alpha value is -2.73. The molecule has 0 aliphatic carbocycles. The molecule has 0 unspecified atom stereocenters. The minimum atomic E-state index is -0.595. The first-order chi connectivity index (χ1) is 11.9. The molecular formula is C19H18N2O4. The fraction of sp³-hybridized carbons (Fsp3) is 0.316. The Labute approximate surface area is 143 Å². The second-order valence-electron chi connectivity index (χ2n) is 7.30. The van der Waals surface area contributed by atoms with E-state index in [1.54, 1.807) is 24.4 Å². The molecule has 25 heavy (non-hydrogen) atoms. The molecule has 1 saturated heterocycles. The summed E-state index contributed by atoms with van der Waals surface area (Å²) in [4.78, 5) is 4.21. The molecule has 3 N–H and O–H groups in total. The number of aromatic hydroxyl groups is 3. The number of ether oxygens (including phenoxy) is 1. The molecule has 0 saturated carbocycles. The molecule has 6 heteroatoms. The summed E-state index contributed by atoms with van der Waals surface area (Å²) >= 11 is 0. The van der Waals surface area contributed by atoms with Crippen LogP contribution in [0.15, 0.2) is 30.5 Å². The first-order valence-corrected chi connectivity index (χ1v) is 8.30. The molecule has 0 spiro atoms. The lowest BCUT2D eigenvalue weighted by molar-refractivity contribution is -0.0683. The summed E-state index contributed by atoms with van der Waals surface area (Å²) in [5, 5.41) is 32.6. The molecule has 2 aromatic heterocycles. The van der Waals surface area contributed by atoms with Gasteiger partial charge in [0, 0.05) is 11.6 Å². The molecule has 128 valence electrons. The highest BCUT2D eigenvalue weighted by Gasteiger charge is 2.59. The Morgan fingerprint density at radius 2 is 1.64 bits per heavy atom. The molecule has 1 fully saturated rings. The van der Waals surface area contributed by atoms with Gasteiger partial charge in [-0.1, -0.05) is 0 Å². The van der Waals surface area contributed by atoms with Gasteiger partial charge in [0.05, 0.1) is 28.0 Å². The third-order valence-electron chi connectivity index (χ3n) is 5.67. The van der Waals surface area contributed by atoms with Crippen LogP contribution in [0.25, 0.3) is 16.6 Å². The summed E-state index contributed by atoms with van der Waals surface area (Å²) in [6, 6.07) is 6.74. The SMILES string of the molecule is C[C@]12CC[C@](C)(O1)c1c2c(O)n(-c2ccc(O)c3ncccc23)c1O. The van der Waals surface area contributed by atoms with Crippen LogP contribution < -0.4 is 0 Å². The number of nitrogens with zero attached hydrogens (tertiary/aromatic N) is 2. The number of rotatable bonds is 1. The Morgan fingerprint density at radius 1 is 1.00 bits per heavy atom. The van der Waals surface area contributed by atoms with Gasteiger partial charge in [-0.15, -0.1) is 0 Å². The van der Waals surface area contributed by atoms with E-state index in [2.05, 4.69) is 4.98 Å². The lowest BCUT2D eigenvalue weighted by atomic mass is 9.80. The molecule has 2 atom stereocenters. The minimum absolute atomic E-state index is 0.0192. The van der Waals surface area contributed by atoms with E-state index in [0.717, 1.165) is 12.8 Å². The Kier molecular flexibility index (Phi) is 2.49. The third kappa shape index (κ3) is 1.60. The number of hydrogen-bond acceptors (Lipinski definition) is 5. The van der Waals surface area contributed by atoms with E-state index in [1.165, 1.54) is 10.6 Å². The first kappa shape index (κ1) is 14.6. The standard InChI is InChI=1S/C19H18N2O4/c1-18-7-8-19(2,25-18)14-13(18)16(23)21(17(14)24)11-5-6-12(22)15-10(11)4-3-9-20-15/h3-6,9,22-24H,7-8H2,1-2H3/t18-,19+. The third-order valence-corrected chi connectivity index (χ3v) is 5.67. The van der Waals surface area contributed by atoms with Gasteiger partial charge in [-0.3, -0.25) is 9.55 Å². The lowest BCUT2D eigenvalue weighted by Crippen LogP contribution is -2.17. The van der Waals surface area contributed by atoms with Gasteiger partial charge in [0.2, 0.25) is 11.8 Å². The van der Waals surface area contributed by atoms with Crippen molar-refractivity contribution >= 4 is 10.9 Å². The van der Waals surface area contributed by atoms with E-state index < -0.39 is 11.2 Å². The molecule has 0 amide bonds. The fourth-order valence-electron chi connectivity index (χ4n) is 4.54. The number of phenolic OH excluding ortho intramolecular Hbond substituents is 1. The molecule has 1 aromatic carbocycles. The van der Waals surface area contributed by atoms with Crippen LogP contribution >= 0.6 is 0 Å². The fourth-order valence-corrected chi connectivity index (χ4v) is 4.54. The average molecular weight is 338 g/mol. The van der Waals surface area contributed by atoms with Gasteiger partial charge in [0.1, 0.15) is 11.3 Å². The summed E-state index contributed by atoms with van der Waals surface area (Å²) < 4.78 is 7.56. The summed E-state index contributed by atoms with van der Waals surface area (Å²) in [5.74, 6) is 0.0175. The molecule has 2 aliphatic heterocycles. The van der Waals surface area contributed by atoms with Gasteiger partial charge in [-0.2, -0.15) is 0 Å². The maximum Gasteiger partial charge on any atom is 0.205 e. The van der Waals surface area contributed by atoms with Crippen molar-refractivity contribution in [1.29, 1.82) is 0 Å². The Balaban J connectivity index is 1.87. The van der Waals surface area contributed by atoms with E-state index in [-0.39, 0.29) is 17.5 Å². The molecule has 5 rings (SSSR count). The first-order valence-electron chi connectivity index (χ1n) is 8.30. The monoisotopic (exact) mass is 338 g/mol. The van der Waals surface area contributed by atoms with Crippen molar-refractivity contribution in [1.82, 2.24) is 9.55 Å². The van der Waals surface area contributed by atoms with Crippen molar-refractivity contribution in [3.63, 3.8) is 0 Å². The molecule has 6 nitrogen and oxygen atoms in total. The van der Waals surface area contributed by atoms with E-state index in [4.69, 9.17) is 4.74 Å². The van der Waals surface area contributed by atoms with Crippen LogP contribution in [0.5, 0.6) is 17.5 Å². The second-order valence-corrected chi connectivity index (χ2v) is 7.30. The van der Waals surface area contributed by atoms with Crippen LogP contribution in [-0.2, 0) is 15.9 Å². The van der Waals surface area contributed by atoms with Crippen LogP contribution in [0.3, 0.4) is 0 Å². The van der Waals surface area contributed by atoms with Crippen LogP contribution in [0.4, 0.5) is 0 Å². The van der Waals surface area contributed by atoms with Gasteiger partial charge in [0.25, 0.3) is 0 Å². The smallest absolute Gasteiger partial charge is 0.205 e. The van der Waals surface area contributed by atoms with Gasteiger partial charge < -0.3 is 20.1 Å². The maximum absolute atomic E-state index is 11.0. The Bertz CT molecular complexity index is 1020. The van der Waals surface area contributed by atoms with Crippen LogP contribution in [0.1, 0.15) is 37.8 Å². The highest BCUT2D eigenvalue weighted by molar-refractivity contribution is 5.92. The quantitative estimate of drug-likeness (QED) is 0.633. The number of aromatic nitrogens is 2. The molecule has 4 heterocycles. The van der Waals surface area contributed by atoms with Crippen molar-refractivity contribution in [2.45, 2.75) is 37.9 Å². The zero-order valence-corrected chi connectivity index (χ0v) is 13.9. The van der Waals surface area contributed by atoms with Crippen molar-refractivity contribution < 1.29 is 20.1 Å². The predicted octanol–water partition coefficient (Wildman–Crippen LogP) is 3.40. The van der Waals surface area contributed by atoms with Gasteiger partial charge >= 0.3 is 0 Å². The number of benzene rings is 1. The minimum Gasteiger partial charge on any atom is -0.506 e. The highest BCUT2D eigenvalue weighted by atomic mass is 16.5. The second kappa shape index (κ2) is 4.26. The van der Waals surface area contributed by atoms with Gasteiger partial charge in [-0.05, 0) is 51.0 Å². The lowest BCUT2D eigenvalue weighted by Gasteiger charge is -2.21. The number of pyridine rings is 1. The number of hydrogen-bond donors (Lipinski definition) is 3. The molecule has 2 bridgehead atoms. The summed E-state index contributed by atoms with van der Waals surface area (Å²) in [7, 11) is 0. The predicted molar refractivity (Wildman–Crippen MR) is 91.1 cm³/mol. The van der Waals surface area contributed by atoms with Crippen LogP contribution in [0.2, 0.25) is 0 Å². The molecule has 3 aromatic rings. The van der Waals surface area contributed by atoms with E-state index in [0.29, 0.717) is 27.7 Å². The van der Waals surface area contributed by atoms with Crippen molar-refractivity contribution in [3.8, 4) is 23.2 Å². The van der Waals surface area contributed by atoms with E-state index >= 15 is 0 Å². The van der Waals surface area contributed by atoms with E-state index in [1.807, 2.05) is 13.8 Å². The van der Waals surface area contributed by atoms with Crippen LogP contribution in [0, 0.1) is 0 Å². The largest absolute Gasteiger partial charge is 0.506 e. The maximum atomic E-state index is 11.0. The van der Waals surface area contributed by atoms with Crippen molar-refractivity contribution in [2.24, 2.45) is 0 Å². The van der Waals surface area contributed by atoms with Crippen molar-refractivity contribution in [3.05, 3.63) is 41.6 Å². The number of fused-ring (bicyclic) bond motifs is 6. The zero-order chi connectivity index (χ0) is 17.6. The van der Waals surface area contributed by atoms with Crippen molar-refractivity contribution in [2.75, 3.05) is 0 Å². The molecular weight excluding hydrogens is 320 g/mol. The van der Waals surface area contributed by atoms with Crippen LogP contribution in [-0.4, -0.2) is 24.9 Å². The zero-order valence-electron chi connectivity index (χ0n) is 13.9. The summed E-state index contributed by atoms with van der Waals surface area (Å²) in [6.45, 7) is 3.90. The Morgan fingerprint density at radius 3 is 2.28 bits per heavy atom. The van der Waals surface area contributed by atoms with Gasteiger partial charge in [0.15, 0.2) is 0 Å². The summed E-state index contributed by atoms with van der Waals surface area (Å²) in [5.41, 5.74) is 1.11. The topological polar surface area (TPSA) is 87.7 Å². The normalized spacial score (nSPS) is 27.1. The molecule has 2 aliphatic rings. The number of phenols is 1. The molecule has 0 radical (unpaired) electrons. The van der Waals surface area contributed by atoms with E-state index in [9.17, 15) is 15.3 Å². The average Bonchev–Trinajstić information content (AvgIpc) is 3.13. The van der Waals surface area contributed by atoms with Gasteiger partial charge in [-0.25, -0.2) is 0 Å². The summed E-state index contributed by atoms with van der Waals surface area (Å²) in [6.07, 6.45) is 3.19.